The Bertz CT molecular complexity index is 334. The number of nitrogens with zero attached hydrogens (tertiary/aromatic N) is 2. The maximum Gasteiger partial charge on any atom is 0.226 e. The van der Waals surface area contributed by atoms with Crippen LogP contribution >= 0.6 is 11.3 Å². The second kappa shape index (κ2) is 6.69. The molecule has 0 aromatic carbocycles. The van der Waals surface area contributed by atoms with Crippen molar-refractivity contribution in [3.8, 4) is 0 Å². The monoisotopic (exact) mass is 253 g/mol. The zero-order valence-corrected chi connectivity index (χ0v) is 10.8. The van der Waals surface area contributed by atoms with E-state index in [1.807, 2.05) is 0 Å². The highest BCUT2D eigenvalue weighted by Crippen LogP contribution is 2.27. The molecule has 17 heavy (non-hydrogen) atoms. The van der Waals surface area contributed by atoms with Gasteiger partial charge in [0, 0.05) is 6.42 Å². The van der Waals surface area contributed by atoms with Crippen LogP contribution in [0, 0.1) is 5.92 Å². The van der Waals surface area contributed by atoms with E-state index in [4.69, 9.17) is 0 Å². The van der Waals surface area contributed by atoms with Gasteiger partial charge in [-0.2, -0.15) is 0 Å². The first-order chi connectivity index (χ1) is 8.34. The van der Waals surface area contributed by atoms with Gasteiger partial charge in [-0.25, -0.2) is 0 Å². The van der Waals surface area contributed by atoms with Crippen LogP contribution in [0.5, 0.6) is 0 Å². The van der Waals surface area contributed by atoms with Crippen LogP contribution in [0.25, 0.3) is 0 Å². The molecule has 0 saturated heterocycles. The van der Waals surface area contributed by atoms with Gasteiger partial charge < -0.3 is 5.32 Å². The lowest BCUT2D eigenvalue weighted by molar-refractivity contribution is -0.116. The van der Waals surface area contributed by atoms with E-state index in [1.54, 1.807) is 5.51 Å². The molecule has 0 bridgehead atoms. The first kappa shape index (κ1) is 12.5. The minimum Gasteiger partial charge on any atom is -0.301 e. The number of nitrogens with one attached hydrogen (secondary N) is 1. The molecule has 0 unspecified atom stereocenters. The third-order valence-electron chi connectivity index (χ3n) is 3.35. The Balaban J connectivity index is 1.59. The lowest BCUT2D eigenvalue weighted by atomic mass is 9.86. The average molecular weight is 253 g/mol. The molecule has 0 spiro atoms. The van der Waals surface area contributed by atoms with Crippen LogP contribution < -0.4 is 5.32 Å². The second-order valence-electron chi connectivity index (χ2n) is 4.69. The van der Waals surface area contributed by atoms with E-state index in [2.05, 4.69) is 15.5 Å². The van der Waals surface area contributed by atoms with Gasteiger partial charge in [-0.3, -0.25) is 4.79 Å². The van der Waals surface area contributed by atoms with Crippen LogP contribution in [0.2, 0.25) is 0 Å². The summed E-state index contributed by atoms with van der Waals surface area (Å²) in [7, 11) is 0. The lowest BCUT2D eigenvalue weighted by Crippen LogP contribution is -2.12. The Kier molecular flexibility index (Phi) is 4.91. The number of hydrogen-bond donors (Lipinski definition) is 1. The summed E-state index contributed by atoms with van der Waals surface area (Å²) in [4.78, 5) is 11.6. The topological polar surface area (TPSA) is 54.9 Å². The van der Waals surface area contributed by atoms with Gasteiger partial charge >= 0.3 is 0 Å². The summed E-state index contributed by atoms with van der Waals surface area (Å²) in [6.45, 7) is 0. The molecule has 1 heterocycles. The molecule has 0 radical (unpaired) electrons. The standard InChI is InChI=1S/C12H19N3OS/c16-11(14-12-15-13-9-17-12)8-4-7-10-5-2-1-3-6-10/h9-10H,1-8H2,(H,14,15,16). The summed E-state index contributed by atoms with van der Waals surface area (Å²) in [5.41, 5.74) is 1.62. The Morgan fingerprint density at radius 1 is 1.41 bits per heavy atom. The molecule has 4 nitrogen and oxygen atoms in total. The highest BCUT2D eigenvalue weighted by atomic mass is 32.1. The summed E-state index contributed by atoms with van der Waals surface area (Å²) in [5.74, 6) is 0.927. The van der Waals surface area contributed by atoms with E-state index in [9.17, 15) is 4.79 Å². The van der Waals surface area contributed by atoms with Gasteiger partial charge in [0.25, 0.3) is 0 Å². The van der Waals surface area contributed by atoms with Gasteiger partial charge in [0.2, 0.25) is 11.0 Å². The van der Waals surface area contributed by atoms with E-state index < -0.39 is 0 Å². The van der Waals surface area contributed by atoms with Crippen LogP contribution in [-0.4, -0.2) is 16.1 Å². The highest BCUT2D eigenvalue weighted by molar-refractivity contribution is 7.13. The van der Waals surface area contributed by atoms with Crippen molar-refractivity contribution < 1.29 is 4.79 Å². The number of anilines is 1. The third kappa shape index (κ3) is 4.42. The van der Waals surface area contributed by atoms with Gasteiger partial charge in [0.1, 0.15) is 5.51 Å². The molecular formula is C12H19N3OS. The molecular weight excluding hydrogens is 234 g/mol. The molecule has 1 aliphatic carbocycles. The highest BCUT2D eigenvalue weighted by Gasteiger charge is 2.13. The fourth-order valence-corrected chi connectivity index (χ4v) is 2.90. The molecule has 1 aromatic heterocycles. The molecule has 1 N–H and O–H groups in total. The number of carbonyl (C=O) groups is 1. The average Bonchev–Trinajstić information content (AvgIpc) is 2.83. The van der Waals surface area contributed by atoms with Crippen molar-refractivity contribution >= 4 is 22.4 Å². The summed E-state index contributed by atoms with van der Waals surface area (Å²) in [5, 5.41) is 10.8. The SMILES string of the molecule is O=C(CCCC1CCCCC1)Nc1nncs1. The van der Waals surface area contributed by atoms with Gasteiger partial charge in [0.05, 0.1) is 0 Å². The van der Waals surface area contributed by atoms with Crippen LogP contribution in [0.1, 0.15) is 51.4 Å². The first-order valence-electron chi connectivity index (χ1n) is 6.40. The molecule has 1 aromatic rings. The van der Waals surface area contributed by atoms with Crippen LogP contribution in [0.3, 0.4) is 0 Å². The van der Waals surface area contributed by atoms with E-state index in [1.165, 1.54) is 49.9 Å². The van der Waals surface area contributed by atoms with Gasteiger partial charge in [-0.15, -0.1) is 10.2 Å². The number of rotatable bonds is 5. The third-order valence-corrected chi connectivity index (χ3v) is 3.95. The molecule has 0 aliphatic heterocycles. The Hall–Kier alpha value is -0.970. The van der Waals surface area contributed by atoms with Crippen LogP contribution in [0.4, 0.5) is 5.13 Å². The van der Waals surface area contributed by atoms with E-state index in [0.717, 1.165) is 12.3 Å². The van der Waals surface area contributed by atoms with Crippen molar-refractivity contribution in [3.05, 3.63) is 5.51 Å². The maximum absolute atomic E-state index is 11.6. The Morgan fingerprint density at radius 3 is 2.94 bits per heavy atom. The molecule has 5 heteroatoms. The van der Waals surface area contributed by atoms with E-state index >= 15 is 0 Å². The maximum atomic E-state index is 11.6. The number of hydrogen-bond acceptors (Lipinski definition) is 4. The van der Waals surface area contributed by atoms with Crippen molar-refractivity contribution in [2.24, 2.45) is 5.92 Å². The summed E-state index contributed by atoms with van der Waals surface area (Å²) in [6, 6.07) is 0. The van der Waals surface area contributed by atoms with Crippen molar-refractivity contribution in [2.45, 2.75) is 51.4 Å². The van der Waals surface area contributed by atoms with Crippen LogP contribution in [-0.2, 0) is 4.79 Å². The Morgan fingerprint density at radius 2 is 2.24 bits per heavy atom. The van der Waals surface area contributed by atoms with Crippen molar-refractivity contribution in [1.82, 2.24) is 10.2 Å². The molecule has 1 saturated carbocycles. The lowest BCUT2D eigenvalue weighted by Gasteiger charge is -2.20. The molecule has 94 valence electrons. The largest absolute Gasteiger partial charge is 0.301 e. The summed E-state index contributed by atoms with van der Waals surface area (Å²) >= 11 is 1.36. The predicted octanol–water partition coefficient (Wildman–Crippen LogP) is 3.23. The number of aromatic nitrogens is 2. The molecule has 0 atom stereocenters. The smallest absolute Gasteiger partial charge is 0.226 e. The molecule has 2 rings (SSSR count). The predicted molar refractivity (Wildman–Crippen MR) is 69.0 cm³/mol. The van der Waals surface area contributed by atoms with Crippen LogP contribution in [0.15, 0.2) is 5.51 Å². The summed E-state index contributed by atoms with van der Waals surface area (Å²) in [6.07, 6.45) is 9.67. The number of amides is 1. The Labute approximate surface area is 106 Å². The van der Waals surface area contributed by atoms with Gasteiger partial charge in [-0.05, 0) is 18.8 Å². The quantitative estimate of drug-likeness (QED) is 0.876. The van der Waals surface area contributed by atoms with Gasteiger partial charge in [-0.1, -0.05) is 43.4 Å². The normalized spacial score (nSPS) is 16.9. The first-order valence-corrected chi connectivity index (χ1v) is 7.28. The second-order valence-corrected chi connectivity index (χ2v) is 5.52. The fourth-order valence-electron chi connectivity index (χ4n) is 2.44. The van der Waals surface area contributed by atoms with Crippen molar-refractivity contribution in [3.63, 3.8) is 0 Å². The van der Waals surface area contributed by atoms with Crippen molar-refractivity contribution in [2.75, 3.05) is 5.32 Å². The molecule has 1 fully saturated rings. The van der Waals surface area contributed by atoms with Gasteiger partial charge in [0.15, 0.2) is 0 Å². The molecule has 1 amide bonds. The number of carbonyl (C=O) groups excluding carboxylic acids is 1. The van der Waals surface area contributed by atoms with E-state index in [0.29, 0.717) is 11.6 Å². The van der Waals surface area contributed by atoms with E-state index in [-0.39, 0.29) is 5.91 Å². The minimum absolute atomic E-state index is 0.0672. The zero-order valence-electron chi connectivity index (χ0n) is 10.0. The van der Waals surface area contributed by atoms with Crippen molar-refractivity contribution in [1.29, 1.82) is 0 Å². The zero-order chi connectivity index (χ0) is 11.9. The fraction of sp³-hybridized carbons (Fsp3) is 0.750. The molecule has 1 aliphatic rings. The minimum atomic E-state index is 0.0672. The summed E-state index contributed by atoms with van der Waals surface area (Å²) < 4.78 is 0.